The molecule has 14 heavy (non-hydrogen) atoms. The van der Waals surface area contributed by atoms with Crippen molar-refractivity contribution in [3.63, 3.8) is 0 Å². The second-order valence-corrected chi connectivity index (χ2v) is 3.88. The van der Waals surface area contributed by atoms with E-state index in [4.69, 9.17) is 0 Å². The number of hydrogen-bond acceptors (Lipinski definition) is 1. The van der Waals surface area contributed by atoms with Gasteiger partial charge in [0, 0.05) is 0 Å². The average molecular weight is 187 g/mol. The summed E-state index contributed by atoms with van der Waals surface area (Å²) in [7, 11) is 0. The zero-order valence-corrected chi connectivity index (χ0v) is 8.72. The van der Waals surface area contributed by atoms with Crippen LogP contribution < -0.4 is 5.32 Å². The quantitative estimate of drug-likeness (QED) is 0.713. The summed E-state index contributed by atoms with van der Waals surface area (Å²) in [6, 6.07) is 8.84. The summed E-state index contributed by atoms with van der Waals surface area (Å²) < 4.78 is 0. The van der Waals surface area contributed by atoms with Gasteiger partial charge in [-0.15, -0.1) is 0 Å². The molecule has 0 saturated heterocycles. The van der Waals surface area contributed by atoms with Crippen molar-refractivity contribution in [2.24, 2.45) is 0 Å². The summed E-state index contributed by atoms with van der Waals surface area (Å²) >= 11 is 0. The fraction of sp³-hybridized carbons (Fsp3) is 0.385. The molecular weight excluding hydrogens is 170 g/mol. The molecule has 1 aromatic carbocycles. The van der Waals surface area contributed by atoms with Crippen LogP contribution in [0, 0.1) is 6.92 Å². The van der Waals surface area contributed by atoms with Crippen LogP contribution in [0.3, 0.4) is 0 Å². The molecule has 0 aliphatic carbocycles. The molecule has 0 aromatic heterocycles. The molecule has 0 spiro atoms. The Morgan fingerprint density at radius 3 is 2.64 bits per heavy atom. The van der Waals surface area contributed by atoms with Crippen molar-refractivity contribution >= 4 is 5.57 Å². The van der Waals surface area contributed by atoms with E-state index in [2.05, 4.69) is 42.6 Å². The highest BCUT2D eigenvalue weighted by Gasteiger charge is 2.03. The van der Waals surface area contributed by atoms with Gasteiger partial charge in [0.1, 0.15) is 0 Å². The highest BCUT2D eigenvalue weighted by molar-refractivity contribution is 5.66. The van der Waals surface area contributed by atoms with Crippen LogP contribution in [0.4, 0.5) is 0 Å². The largest absolute Gasteiger partial charge is 0.316 e. The van der Waals surface area contributed by atoms with Crippen molar-refractivity contribution < 1.29 is 0 Å². The molecule has 0 fully saturated rings. The summed E-state index contributed by atoms with van der Waals surface area (Å²) in [5, 5.41) is 3.41. The maximum absolute atomic E-state index is 3.41. The molecule has 1 heteroatoms. The third-order valence-electron chi connectivity index (χ3n) is 2.71. The van der Waals surface area contributed by atoms with Crippen molar-refractivity contribution in [2.45, 2.75) is 19.8 Å². The normalized spacial score (nSPS) is 17.4. The predicted molar refractivity (Wildman–Crippen MR) is 61.3 cm³/mol. The third-order valence-corrected chi connectivity index (χ3v) is 2.71. The van der Waals surface area contributed by atoms with Gasteiger partial charge in [-0.3, -0.25) is 0 Å². The van der Waals surface area contributed by atoms with Crippen molar-refractivity contribution in [3.05, 3.63) is 41.5 Å². The second kappa shape index (κ2) is 4.43. The van der Waals surface area contributed by atoms with E-state index >= 15 is 0 Å². The molecule has 2 rings (SSSR count). The zero-order valence-electron chi connectivity index (χ0n) is 8.72. The Kier molecular flexibility index (Phi) is 3.00. The number of nitrogens with one attached hydrogen (secondary N) is 1. The van der Waals surface area contributed by atoms with E-state index in [1.54, 1.807) is 0 Å². The Bertz CT molecular complexity index is 322. The lowest BCUT2D eigenvalue weighted by molar-refractivity contribution is 0.718. The lowest BCUT2D eigenvalue weighted by Gasteiger charge is -2.05. The first-order valence-corrected chi connectivity index (χ1v) is 5.33. The predicted octanol–water partition coefficient (Wildman–Crippen LogP) is 2.76. The number of rotatable bonds is 1. The molecule has 1 aliphatic rings. The molecule has 0 atom stereocenters. The first-order valence-electron chi connectivity index (χ1n) is 5.33. The maximum Gasteiger partial charge on any atom is -0.000812 e. The van der Waals surface area contributed by atoms with Crippen LogP contribution in [0.15, 0.2) is 30.3 Å². The van der Waals surface area contributed by atoms with Gasteiger partial charge in [0.2, 0.25) is 0 Å². The van der Waals surface area contributed by atoms with Crippen molar-refractivity contribution in [1.82, 2.24) is 5.32 Å². The first kappa shape index (κ1) is 9.47. The molecule has 1 N–H and O–H groups in total. The van der Waals surface area contributed by atoms with E-state index in [1.807, 2.05) is 0 Å². The second-order valence-electron chi connectivity index (χ2n) is 3.88. The number of benzene rings is 1. The molecule has 1 heterocycles. The Morgan fingerprint density at radius 1 is 1.07 bits per heavy atom. The lowest BCUT2D eigenvalue weighted by Crippen LogP contribution is -2.13. The fourth-order valence-corrected chi connectivity index (χ4v) is 1.83. The van der Waals surface area contributed by atoms with Crippen molar-refractivity contribution in [3.8, 4) is 0 Å². The van der Waals surface area contributed by atoms with Gasteiger partial charge < -0.3 is 5.32 Å². The van der Waals surface area contributed by atoms with Gasteiger partial charge in [-0.25, -0.2) is 0 Å². The summed E-state index contributed by atoms with van der Waals surface area (Å²) in [4.78, 5) is 0. The van der Waals surface area contributed by atoms with Crippen molar-refractivity contribution in [2.75, 3.05) is 13.1 Å². The van der Waals surface area contributed by atoms with E-state index in [0.717, 1.165) is 25.9 Å². The molecule has 0 unspecified atom stereocenters. The molecule has 0 bridgehead atoms. The fourth-order valence-electron chi connectivity index (χ4n) is 1.83. The summed E-state index contributed by atoms with van der Waals surface area (Å²) in [5.74, 6) is 0. The van der Waals surface area contributed by atoms with Gasteiger partial charge in [-0.1, -0.05) is 35.9 Å². The van der Waals surface area contributed by atoms with Gasteiger partial charge in [0.25, 0.3) is 0 Å². The minimum absolute atomic E-state index is 1.11. The molecule has 0 saturated carbocycles. The zero-order chi connectivity index (χ0) is 9.80. The summed E-state index contributed by atoms with van der Waals surface area (Å²) in [6.07, 6.45) is 4.68. The minimum atomic E-state index is 1.11. The van der Waals surface area contributed by atoms with Gasteiger partial charge in [0.05, 0.1) is 0 Å². The minimum Gasteiger partial charge on any atom is -0.316 e. The maximum atomic E-state index is 3.41. The SMILES string of the molecule is Cc1ccc(C2=CCCNCC2)cc1. The van der Waals surface area contributed by atoms with Crippen LogP contribution in [0.5, 0.6) is 0 Å². The van der Waals surface area contributed by atoms with Crippen LogP contribution in [0.25, 0.3) is 5.57 Å². The topological polar surface area (TPSA) is 12.0 Å². The molecule has 74 valence electrons. The molecule has 1 aromatic rings. The lowest BCUT2D eigenvalue weighted by atomic mass is 10.0. The summed E-state index contributed by atoms with van der Waals surface area (Å²) in [5.41, 5.74) is 4.22. The Labute approximate surface area is 85.8 Å². The monoisotopic (exact) mass is 187 g/mol. The van der Waals surface area contributed by atoms with Gasteiger partial charge in [-0.2, -0.15) is 0 Å². The summed E-state index contributed by atoms with van der Waals surface area (Å²) in [6.45, 7) is 4.36. The Hall–Kier alpha value is -1.08. The van der Waals surface area contributed by atoms with E-state index in [0.29, 0.717) is 0 Å². The van der Waals surface area contributed by atoms with E-state index in [-0.39, 0.29) is 0 Å². The van der Waals surface area contributed by atoms with Crippen LogP contribution in [0.1, 0.15) is 24.0 Å². The number of hydrogen-bond donors (Lipinski definition) is 1. The van der Waals surface area contributed by atoms with Crippen LogP contribution >= 0.6 is 0 Å². The average Bonchev–Trinajstić information content (AvgIpc) is 2.47. The van der Waals surface area contributed by atoms with Crippen LogP contribution in [0.2, 0.25) is 0 Å². The van der Waals surface area contributed by atoms with E-state index in [1.165, 1.54) is 16.7 Å². The molecule has 0 radical (unpaired) electrons. The molecular formula is C13H17N. The molecule has 1 aliphatic heterocycles. The van der Waals surface area contributed by atoms with Crippen LogP contribution in [-0.4, -0.2) is 13.1 Å². The van der Waals surface area contributed by atoms with E-state index < -0.39 is 0 Å². The van der Waals surface area contributed by atoms with Crippen LogP contribution in [-0.2, 0) is 0 Å². The Morgan fingerprint density at radius 2 is 1.86 bits per heavy atom. The Balaban J connectivity index is 2.20. The highest BCUT2D eigenvalue weighted by Crippen LogP contribution is 2.20. The first-order chi connectivity index (χ1) is 6.86. The third kappa shape index (κ3) is 2.24. The van der Waals surface area contributed by atoms with E-state index in [9.17, 15) is 0 Å². The highest BCUT2D eigenvalue weighted by atomic mass is 14.8. The number of aryl methyl sites for hydroxylation is 1. The molecule has 0 amide bonds. The standard InChI is InChI=1S/C13H17N/c1-11-4-6-13(7-5-11)12-3-2-9-14-10-8-12/h3-7,14H,2,8-10H2,1H3. The smallest absolute Gasteiger partial charge is 0.000812 e. The van der Waals surface area contributed by atoms with Gasteiger partial charge in [-0.05, 0) is 44.0 Å². The van der Waals surface area contributed by atoms with Gasteiger partial charge >= 0.3 is 0 Å². The molecule has 1 nitrogen and oxygen atoms in total. The van der Waals surface area contributed by atoms with Crippen molar-refractivity contribution in [1.29, 1.82) is 0 Å². The van der Waals surface area contributed by atoms with Gasteiger partial charge in [0.15, 0.2) is 0 Å².